The van der Waals surface area contributed by atoms with Gasteiger partial charge in [-0.25, -0.2) is 0 Å². The Labute approximate surface area is 86.9 Å². The minimum Gasteiger partial charge on any atom is -0.369 e. The zero-order valence-corrected chi connectivity index (χ0v) is 9.49. The first kappa shape index (κ1) is 10.2. The fourth-order valence-corrected chi connectivity index (χ4v) is 2.82. The lowest BCUT2D eigenvalue weighted by atomic mass is 9.90. The molecule has 2 aliphatic heterocycles. The fourth-order valence-electron chi connectivity index (χ4n) is 2.82. The lowest BCUT2D eigenvalue weighted by Gasteiger charge is -2.30. The lowest BCUT2D eigenvalue weighted by molar-refractivity contribution is -0.0269. The van der Waals surface area contributed by atoms with Crippen LogP contribution < -0.4 is 0 Å². The highest BCUT2D eigenvalue weighted by atomic mass is 16.5. The second-order valence-electron chi connectivity index (χ2n) is 5.10. The van der Waals surface area contributed by atoms with Gasteiger partial charge in [-0.15, -0.1) is 0 Å². The third-order valence-electron chi connectivity index (χ3n) is 3.60. The summed E-state index contributed by atoms with van der Waals surface area (Å²) in [5, 5.41) is 0. The zero-order chi connectivity index (χ0) is 10.2. The molecule has 0 aromatic heterocycles. The van der Waals surface area contributed by atoms with Gasteiger partial charge in [-0.05, 0) is 25.8 Å². The fraction of sp³-hybridized carbons (Fsp3) is 0.833. The molecule has 0 aromatic rings. The zero-order valence-electron chi connectivity index (χ0n) is 9.49. The summed E-state index contributed by atoms with van der Waals surface area (Å²) < 4.78 is 5.95. The first-order valence-corrected chi connectivity index (χ1v) is 5.62. The van der Waals surface area contributed by atoms with Crippen molar-refractivity contribution in [3.05, 3.63) is 12.2 Å². The smallest absolute Gasteiger partial charge is 0.0862 e. The molecule has 1 saturated heterocycles. The van der Waals surface area contributed by atoms with Crippen LogP contribution in [-0.4, -0.2) is 36.7 Å². The van der Waals surface area contributed by atoms with Gasteiger partial charge in [0.25, 0.3) is 0 Å². The number of likely N-dealkylation sites (tertiary alicyclic amines) is 1. The van der Waals surface area contributed by atoms with E-state index in [1.165, 1.54) is 6.42 Å². The van der Waals surface area contributed by atoms with Gasteiger partial charge in [-0.3, -0.25) is 0 Å². The number of rotatable bonds is 1. The molecule has 0 bridgehead atoms. The molecular weight excluding hydrogens is 174 g/mol. The van der Waals surface area contributed by atoms with Gasteiger partial charge in [0.05, 0.1) is 12.2 Å². The maximum Gasteiger partial charge on any atom is 0.0862 e. The van der Waals surface area contributed by atoms with Crippen molar-refractivity contribution in [3.63, 3.8) is 0 Å². The molecule has 2 unspecified atom stereocenters. The first-order valence-electron chi connectivity index (χ1n) is 5.62. The van der Waals surface area contributed by atoms with E-state index in [1.54, 1.807) is 0 Å². The average Bonchev–Trinajstić information content (AvgIpc) is 2.44. The minimum atomic E-state index is 0.137. The van der Waals surface area contributed by atoms with Crippen LogP contribution in [0.3, 0.4) is 0 Å². The SMILES string of the molecule is CC(C)C1CC2(CC=CCO2)CN1C. The van der Waals surface area contributed by atoms with Gasteiger partial charge < -0.3 is 9.64 Å². The monoisotopic (exact) mass is 195 g/mol. The van der Waals surface area contributed by atoms with E-state index in [2.05, 4.69) is 37.9 Å². The van der Waals surface area contributed by atoms with Gasteiger partial charge in [-0.1, -0.05) is 26.0 Å². The van der Waals surface area contributed by atoms with Crippen molar-refractivity contribution in [1.29, 1.82) is 0 Å². The number of ether oxygens (including phenoxy) is 1. The van der Waals surface area contributed by atoms with Gasteiger partial charge in [0.15, 0.2) is 0 Å². The standard InChI is InChI=1S/C12H21NO/c1-10(2)11-8-12(9-13(11)3)6-4-5-7-14-12/h4-5,10-11H,6-9H2,1-3H3. The van der Waals surface area contributed by atoms with Gasteiger partial charge in [-0.2, -0.15) is 0 Å². The van der Waals surface area contributed by atoms with E-state index in [9.17, 15) is 0 Å². The van der Waals surface area contributed by atoms with Crippen LogP contribution >= 0.6 is 0 Å². The second-order valence-corrected chi connectivity index (χ2v) is 5.10. The Morgan fingerprint density at radius 3 is 2.71 bits per heavy atom. The number of hydrogen-bond acceptors (Lipinski definition) is 2. The molecule has 0 N–H and O–H groups in total. The molecule has 2 nitrogen and oxygen atoms in total. The molecule has 2 atom stereocenters. The van der Waals surface area contributed by atoms with Crippen LogP contribution in [0.25, 0.3) is 0 Å². The van der Waals surface area contributed by atoms with Crippen LogP contribution in [0.1, 0.15) is 26.7 Å². The quantitative estimate of drug-likeness (QED) is 0.594. The van der Waals surface area contributed by atoms with Crippen molar-refractivity contribution in [2.75, 3.05) is 20.2 Å². The van der Waals surface area contributed by atoms with Crippen LogP contribution in [0, 0.1) is 5.92 Å². The molecule has 0 aromatic carbocycles. The largest absolute Gasteiger partial charge is 0.369 e. The summed E-state index contributed by atoms with van der Waals surface area (Å²) in [6.07, 6.45) is 6.71. The van der Waals surface area contributed by atoms with Crippen molar-refractivity contribution in [2.45, 2.75) is 38.3 Å². The van der Waals surface area contributed by atoms with Crippen molar-refractivity contribution in [3.8, 4) is 0 Å². The third kappa shape index (κ3) is 1.73. The number of hydrogen-bond donors (Lipinski definition) is 0. The normalized spacial score (nSPS) is 38.7. The van der Waals surface area contributed by atoms with Gasteiger partial charge in [0.2, 0.25) is 0 Å². The maximum atomic E-state index is 5.95. The first-order chi connectivity index (χ1) is 6.63. The molecule has 80 valence electrons. The number of likely N-dealkylation sites (N-methyl/N-ethyl adjacent to an activating group) is 1. The Balaban J connectivity index is 2.07. The maximum absolute atomic E-state index is 5.95. The molecule has 2 heteroatoms. The molecule has 0 radical (unpaired) electrons. The van der Waals surface area contributed by atoms with Crippen LogP contribution in [0.5, 0.6) is 0 Å². The van der Waals surface area contributed by atoms with Crippen molar-refractivity contribution < 1.29 is 4.74 Å². The third-order valence-corrected chi connectivity index (χ3v) is 3.60. The topological polar surface area (TPSA) is 12.5 Å². The van der Waals surface area contributed by atoms with E-state index in [4.69, 9.17) is 4.74 Å². The van der Waals surface area contributed by atoms with Crippen LogP contribution in [-0.2, 0) is 4.74 Å². The van der Waals surface area contributed by atoms with E-state index >= 15 is 0 Å². The predicted octanol–water partition coefficient (Wildman–Crippen LogP) is 2.06. The minimum absolute atomic E-state index is 0.137. The summed E-state index contributed by atoms with van der Waals surface area (Å²) in [7, 11) is 2.22. The highest BCUT2D eigenvalue weighted by Gasteiger charge is 2.44. The highest BCUT2D eigenvalue weighted by Crippen LogP contribution is 2.37. The molecule has 1 spiro atoms. The summed E-state index contributed by atoms with van der Waals surface area (Å²) in [5.74, 6) is 0.730. The molecule has 1 fully saturated rings. The molecule has 2 aliphatic rings. The van der Waals surface area contributed by atoms with Gasteiger partial charge in [0.1, 0.15) is 0 Å². The number of nitrogens with zero attached hydrogens (tertiary/aromatic N) is 1. The molecular formula is C12H21NO. The molecule has 0 saturated carbocycles. The van der Waals surface area contributed by atoms with E-state index in [0.717, 1.165) is 25.5 Å². The van der Waals surface area contributed by atoms with Gasteiger partial charge >= 0.3 is 0 Å². The Bertz CT molecular complexity index is 236. The van der Waals surface area contributed by atoms with E-state index in [0.29, 0.717) is 6.04 Å². The van der Waals surface area contributed by atoms with Crippen LogP contribution in [0.2, 0.25) is 0 Å². The molecule has 0 aliphatic carbocycles. The van der Waals surface area contributed by atoms with E-state index < -0.39 is 0 Å². The van der Waals surface area contributed by atoms with Crippen molar-refractivity contribution >= 4 is 0 Å². The Hall–Kier alpha value is -0.340. The Morgan fingerprint density at radius 2 is 2.21 bits per heavy atom. The summed E-state index contributed by atoms with van der Waals surface area (Å²) >= 11 is 0. The summed E-state index contributed by atoms with van der Waals surface area (Å²) in [6, 6.07) is 0.696. The van der Waals surface area contributed by atoms with E-state index in [1.807, 2.05) is 0 Å². The van der Waals surface area contributed by atoms with Gasteiger partial charge in [0, 0.05) is 12.6 Å². The molecule has 14 heavy (non-hydrogen) atoms. The molecule has 2 rings (SSSR count). The van der Waals surface area contributed by atoms with Crippen molar-refractivity contribution in [2.24, 2.45) is 5.92 Å². The average molecular weight is 195 g/mol. The summed E-state index contributed by atoms with van der Waals surface area (Å²) in [5.41, 5.74) is 0.137. The van der Waals surface area contributed by atoms with E-state index in [-0.39, 0.29) is 5.60 Å². The molecule has 2 heterocycles. The lowest BCUT2D eigenvalue weighted by Crippen LogP contribution is -2.36. The Morgan fingerprint density at radius 1 is 1.43 bits per heavy atom. The highest BCUT2D eigenvalue weighted by molar-refractivity contribution is 5.05. The van der Waals surface area contributed by atoms with Crippen LogP contribution in [0.15, 0.2) is 12.2 Å². The second kappa shape index (κ2) is 3.67. The van der Waals surface area contributed by atoms with Crippen molar-refractivity contribution in [1.82, 2.24) is 4.90 Å². The predicted molar refractivity (Wildman–Crippen MR) is 58.3 cm³/mol. The summed E-state index contributed by atoms with van der Waals surface area (Å²) in [4.78, 5) is 2.46. The Kier molecular flexibility index (Phi) is 2.67. The van der Waals surface area contributed by atoms with Crippen LogP contribution in [0.4, 0.5) is 0 Å². The summed E-state index contributed by atoms with van der Waals surface area (Å²) in [6.45, 7) is 6.51. The molecule has 0 amide bonds.